The van der Waals surface area contributed by atoms with Gasteiger partial charge < -0.3 is 14.8 Å². The van der Waals surface area contributed by atoms with Gasteiger partial charge in [0, 0.05) is 0 Å². The molecular formula is C17H25F3N4O4. The first kappa shape index (κ1) is 20.8. The third-order valence-electron chi connectivity index (χ3n) is 4.60. The minimum Gasteiger partial charge on any atom is -0.444 e. The number of alkyl carbamates (subject to hydrolysis) is 1. The monoisotopic (exact) mass is 406 g/mol. The minimum absolute atomic E-state index is 0.145. The molecule has 2 atom stereocenters. The Hall–Kier alpha value is -1.88. The second-order valence-corrected chi connectivity index (χ2v) is 8.18. The van der Waals surface area contributed by atoms with Gasteiger partial charge in [-0.1, -0.05) is 5.21 Å². The van der Waals surface area contributed by atoms with Gasteiger partial charge in [0.25, 0.3) is 0 Å². The van der Waals surface area contributed by atoms with Crippen LogP contribution < -0.4 is 5.32 Å². The molecule has 8 nitrogen and oxygen atoms in total. The molecule has 1 N–H and O–H groups in total. The maximum Gasteiger partial charge on any atom is 0.522 e. The highest BCUT2D eigenvalue weighted by molar-refractivity contribution is 5.68. The third kappa shape index (κ3) is 5.81. The van der Waals surface area contributed by atoms with Crippen LogP contribution in [-0.4, -0.2) is 51.8 Å². The third-order valence-corrected chi connectivity index (χ3v) is 4.60. The van der Waals surface area contributed by atoms with E-state index in [1.165, 1.54) is 0 Å². The van der Waals surface area contributed by atoms with Crippen LogP contribution in [0.15, 0.2) is 6.20 Å². The number of amides is 1. The summed E-state index contributed by atoms with van der Waals surface area (Å²) in [7, 11) is 0. The smallest absolute Gasteiger partial charge is 0.444 e. The molecule has 1 amide bonds. The molecule has 1 aliphatic carbocycles. The summed E-state index contributed by atoms with van der Waals surface area (Å²) >= 11 is 0. The molecule has 0 unspecified atom stereocenters. The van der Waals surface area contributed by atoms with Crippen LogP contribution in [0.4, 0.5) is 18.0 Å². The average molecular weight is 406 g/mol. The van der Waals surface area contributed by atoms with Crippen molar-refractivity contribution in [2.45, 2.75) is 82.7 Å². The van der Waals surface area contributed by atoms with Crippen molar-refractivity contribution in [3.8, 4) is 0 Å². The molecule has 1 saturated carbocycles. The normalized spacial score (nSPS) is 28.5. The molecule has 0 aromatic carbocycles. The van der Waals surface area contributed by atoms with E-state index in [4.69, 9.17) is 9.47 Å². The number of nitrogens with zero attached hydrogens (tertiary/aromatic N) is 3. The number of ether oxygens (including phenoxy) is 3. The van der Waals surface area contributed by atoms with Crippen molar-refractivity contribution in [1.82, 2.24) is 20.3 Å². The number of aromatic nitrogens is 3. The lowest BCUT2D eigenvalue weighted by molar-refractivity contribution is -0.353. The molecule has 1 aromatic heterocycles. The lowest BCUT2D eigenvalue weighted by atomic mass is 9.89. The highest BCUT2D eigenvalue weighted by atomic mass is 19.4. The van der Waals surface area contributed by atoms with Crippen molar-refractivity contribution in [1.29, 1.82) is 0 Å². The van der Waals surface area contributed by atoms with E-state index < -0.39 is 24.2 Å². The van der Waals surface area contributed by atoms with E-state index >= 15 is 0 Å². The highest BCUT2D eigenvalue weighted by Crippen LogP contribution is 2.38. The molecule has 11 heteroatoms. The summed E-state index contributed by atoms with van der Waals surface area (Å²) in [6, 6.07) is -0.299. The van der Waals surface area contributed by atoms with Crippen molar-refractivity contribution in [2.24, 2.45) is 0 Å². The Balaban J connectivity index is 1.43. The fraction of sp³-hybridized carbons (Fsp3) is 0.824. The van der Waals surface area contributed by atoms with Crippen LogP contribution in [0, 0.1) is 0 Å². The Morgan fingerprint density at radius 3 is 2.57 bits per heavy atom. The summed E-state index contributed by atoms with van der Waals surface area (Å²) in [5.74, 6) is 0. The number of nitrogens with one attached hydrogen (secondary N) is 1. The summed E-state index contributed by atoms with van der Waals surface area (Å²) < 4.78 is 53.1. The minimum atomic E-state index is -4.61. The molecule has 1 saturated heterocycles. The Morgan fingerprint density at radius 2 is 2.00 bits per heavy atom. The van der Waals surface area contributed by atoms with Crippen LogP contribution in [0.1, 0.15) is 64.3 Å². The Bertz CT molecular complexity index is 675. The van der Waals surface area contributed by atoms with E-state index in [1.807, 2.05) is 0 Å². The SMILES string of the molecule is CC(C)(C)OC(=O)N[C@@H]1CC[C@@H](c2cn(C3CC(OC(F)(F)F)C3)nn2)OC1. The Labute approximate surface area is 160 Å². The summed E-state index contributed by atoms with van der Waals surface area (Å²) in [6.07, 6.45) is -2.64. The number of halogens is 3. The summed E-state index contributed by atoms with van der Waals surface area (Å²) in [6.45, 7) is 5.70. The molecule has 3 rings (SSSR count). The highest BCUT2D eigenvalue weighted by Gasteiger charge is 2.41. The lowest BCUT2D eigenvalue weighted by Crippen LogP contribution is -2.43. The number of carbonyl (C=O) groups excluding carboxylic acids is 1. The quantitative estimate of drug-likeness (QED) is 0.826. The molecule has 0 bridgehead atoms. The van der Waals surface area contributed by atoms with Gasteiger partial charge in [-0.25, -0.2) is 9.48 Å². The van der Waals surface area contributed by atoms with Crippen molar-refractivity contribution in [2.75, 3.05) is 6.61 Å². The van der Waals surface area contributed by atoms with Crippen molar-refractivity contribution < 1.29 is 32.2 Å². The van der Waals surface area contributed by atoms with Crippen LogP contribution in [0.5, 0.6) is 0 Å². The molecule has 158 valence electrons. The first-order valence-electron chi connectivity index (χ1n) is 9.26. The summed E-state index contributed by atoms with van der Waals surface area (Å²) in [5.41, 5.74) is 0.0719. The second kappa shape index (κ2) is 7.86. The molecule has 2 fully saturated rings. The molecule has 2 heterocycles. The van der Waals surface area contributed by atoms with E-state index in [0.29, 0.717) is 25.1 Å². The largest absolute Gasteiger partial charge is 0.522 e. The Morgan fingerprint density at radius 1 is 1.29 bits per heavy atom. The van der Waals surface area contributed by atoms with Gasteiger partial charge in [-0.2, -0.15) is 0 Å². The number of rotatable bonds is 4. The fourth-order valence-electron chi connectivity index (χ4n) is 3.23. The van der Waals surface area contributed by atoms with Crippen LogP contribution in [0.2, 0.25) is 0 Å². The molecule has 1 aliphatic heterocycles. The van der Waals surface area contributed by atoms with Crippen molar-refractivity contribution in [3.05, 3.63) is 11.9 Å². The maximum atomic E-state index is 12.2. The van der Waals surface area contributed by atoms with E-state index in [9.17, 15) is 18.0 Å². The molecular weight excluding hydrogens is 381 g/mol. The molecule has 0 spiro atoms. The van der Waals surface area contributed by atoms with Gasteiger partial charge in [-0.3, -0.25) is 4.74 Å². The van der Waals surface area contributed by atoms with Crippen LogP contribution in [0.25, 0.3) is 0 Å². The number of hydrogen-bond donors (Lipinski definition) is 1. The number of alkyl halides is 3. The van der Waals surface area contributed by atoms with E-state index in [0.717, 1.165) is 0 Å². The van der Waals surface area contributed by atoms with Crippen LogP contribution in [-0.2, 0) is 14.2 Å². The predicted molar refractivity (Wildman–Crippen MR) is 90.3 cm³/mol. The van der Waals surface area contributed by atoms with E-state index in [1.54, 1.807) is 31.6 Å². The van der Waals surface area contributed by atoms with Gasteiger partial charge >= 0.3 is 12.5 Å². The summed E-state index contributed by atoms with van der Waals surface area (Å²) in [5, 5.41) is 10.9. The maximum absolute atomic E-state index is 12.2. The van der Waals surface area contributed by atoms with Gasteiger partial charge in [-0.05, 0) is 46.5 Å². The van der Waals surface area contributed by atoms with Gasteiger partial charge in [0.05, 0.1) is 31.0 Å². The average Bonchev–Trinajstić information content (AvgIpc) is 2.97. The fourth-order valence-corrected chi connectivity index (χ4v) is 3.23. The number of hydrogen-bond acceptors (Lipinski definition) is 6. The molecule has 28 heavy (non-hydrogen) atoms. The lowest BCUT2D eigenvalue weighted by Gasteiger charge is -2.34. The number of carbonyl (C=O) groups is 1. The second-order valence-electron chi connectivity index (χ2n) is 8.18. The van der Waals surface area contributed by atoms with E-state index in [-0.39, 0.29) is 31.0 Å². The Kier molecular flexibility index (Phi) is 5.85. The molecule has 0 radical (unpaired) electrons. The topological polar surface area (TPSA) is 87.5 Å². The van der Waals surface area contributed by atoms with Crippen molar-refractivity contribution >= 4 is 6.09 Å². The van der Waals surface area contributed by atoms with Gasteiger partial charge in [0.1, 0.15) is 17.4 Å². The molecule has 2 aliphatic rings. The summed E-state index contributed by atoms with van der Waals surface area (Å²) in [4.78, 5) is 11.8. The molecule has 1 aromatic rings. The first-order chi connectivity index (χ1) is 13.0. The van der Waals surface area contributed by atoms with Gasteiger partial charge in [0.15, 0.2) is 0 Å². The van der Waals surface area contributed by atoms with Gasteiger partial charge in [-0.15, -0.1) is 18.3 Å². The first-order valence-corrected chi connectivity index (χ1v) is 9.26. The zero-order valence-corrected chi connectivity index (χ0v) is 16.0. The van der Waals surface area contributed by atoms with Crippen molar-refractivity contribution in [3.63, 3.8) is 0 Å². The van der Waals surface area contributed by atoms with E-state index in [2.05, 4.69) is 20.4 Å². The van der Waals surface area contributed by atoms with Crippen LogP contribution >= 0.6 is 0 Å². The standard InChI is InChI=1S/C17H25F3N4O4/c1-16(2,3)28-15(25)21-10-4-5-14(26-9-10)13-8-24(23-22-13)11-6-12(7-11)27-17(18,19)20/h8,10-12,14H,4-7,9H2,1-3H3,(H,21,25)/t10-,11?,12?,14+/m1/s1. The zero-order valence-electron chi connectivity index (χ0n) is 16.0. The van der Waals surface area contributed by atoms with Gasteiger partial charge in [0.2, 0.25) is 0 Å². The predicted octanol–water partition coefficient (Wildman–Crippen LogP) is 3.26. The van der Waals surface area contributed by atoms with Crippen LogP contribution in [0.3, 0.4) is 0 Å². The zero-order chi connectivity index (χ0) is 20.5.